The number of benzene rings is 1. The molecule has 0 saturated heterocycles. The molecular weight excluding hydrogens is 280 g/mol. The van der Waals surface area contributed by atoms with Gasteiger partial charge in [-0.05, 0) is 24.1 Å². The van der Waals surface area contributed by atoms with E-state index in [1.54, 1.807) is 24.3 Å². The van der Waals surface area contributed by atoms with Gasteiger partial charge in [-0.3, -0.25) is 4.79 Å². The van der Waals surface area contributed by atoms with Crippen LogP contribution in [0.2, 0.25) is 0 Å². The van der Waals surface area contributed by atoms with E-state index in [9.17, 15) is 14.4 Å². The van der Waals surface area contributed by atoms with Crippen molar-refractivity contribution in [3.8, 4) is 0 Å². The van der Waals surface area contributed by atoms with Gasteiger partial charge in [0.1, 0.15) is 6.04 Å². The molecule has 8 heteroatoms. The van der Waals surface area contributed by atoms with Crippen molar-refractivity contribution in [3.63, 3.8) is 0 Å². The lowest BCUT2D eigenvalue weighted by molar-refractivity contribution is -0.140. The highest BCUT2D eigenvalue weighted by Gasteiger charge is 2.20. The van der Waals surface area contributed by atoms with Gasteiger partial charge in [0.05, 0.1) is 6.61 Å². The zero-order valence-electron chi connectivity index (χ0n) is 11.1. The van der Waals surface area contributed by atoms with Gasteiger partial charge in [-0.25, -0.2) is 9.59 Å². The fourth-order valence-corrected chi connectivity index (χ4v) is 1.54. The van der Waals surface area contributed by atoms with Gasteiger partial charge in [0.2, 0.25) is 0 Å². The summed E-state index contributed by atoms with van der Waals surface area (Å²) in [6.45, 7) is -0.122. The Bertz CT molecular complexity index is 514. The lowest BCUT2D eigenvalue weighted by Gasteiger charge is -2.14. The van der Waals surface area contributed by atoms with E-state index in [4.69, 9.17) is 15.3 Å². The minimum Gasteiger partial charge on any atom is -0.481 e. The quantitative estimate of drug-likeness (QED) is 0.500. The molecule has 21 heavy (non-hydrogen) atoms. The number of urea groups is 1. The number of rotatable bonds is 7. The van der Waals surface area contributed by atoms with Gasteiger partial charge in [0, 0.05) is 12.1 Å². The number of carbonyl (C=O) groups excluding carboxylic acids is 1. The summed E-state index contributed by atoms with van der Waals surface area (Å²) in [7, 11) is 0. The van der Waals surface area contributed by atoms with Crippen LogP contribution in [-0.2, 0) is 16.2 Å². The van der Waals surface area contributed by atoms with Crippen LogP contribution in [0.4, 0.5) is 10.5 Å². The summed E-state index contributed by atoms with van der Waals surface area (Å²) in [6.07, 6.45) is -0.565. The molecule has 1 atom stereocenters. The zero-order valence-corrected chi connectivity index (χ0v) is 11.1. The fraction of sp³-hybridized carbons (Fsp3) is 0.308. The number of anilines is 1. The van der Waals surface area contributed by atoms with Crippen LogP contribution in [0, 0.1) is 0 Å². The first kappa shape index (κ1) is 16.4. The third-order valence-corrected chi connectivity index (χ3v) is 2.64. The summed E-state index contributed by atoms with van der Waals surface area (Å²) in [5.41, 5.74) is 1.10. The molecular formula is C13H16N2O6. The molecule has 0 heterocycles. The van der Waals surface area contributed by atoms with Gasteiger partial charge >= 0.3 is 18.0 Å². The summed E-state index contributed by atoms with van der Waals surface area (Å²) >= 11 is 0. The number of aliphatic hydroxyl groups excluding tert-OH is 1. The maximum absolute atomic E-state index is 11.6. The number of nitrogens with one attached hydrogen (secondary N) is 2. The molecule has 0 aliphatic rings. The van der Waals surface area contributed by atoms with Crippen LogP contribution in [0.1, 0.15) is 18.4 Å². The van der Waals surface area contributed by atoms with Gasteiger partial charge in [0.25, 0.3) is 0 Å². The third-order valence-electron chi connectivity index (χ3n) is 2.64. The number of carboxylic acids is 2. The number of amides is 2. The van der Waals surface area contributed by atoms with Crippen molar-refractivity contribution in [1.29, 1.82) is 0 Å². The Balaban J connectivity index is 2.56. The van der Waals surface area contributed by atoms with E-state index in [-0.39, 0.29) is 19.4 Å². The predicted octanol–water partition coefficient (Wildman–Crippen LogP) is 0.618. The van der Waals surface area contributed by atoms with E-state index < -0.39 is 24.0 Å². The molecule has 0 radical (unpaired) electrons. The Morgan fingerprint density at radius 3 is 2.19 bits per heavy atom. The van der Waals surface area contributed by atoms with Crippen molar-refractivity contribution in [1.82, 2.24) is 5.32 Å². The molecule has 5 N–H and O–H groups in total. The molecule has 8 nitrogen and oxygen atoms in total. The normalized spacial score (nSPS) is 11.5. The smallest absolute Gasteiger partial charge is 0.326 e. The van der Waals surface area contributed by atoms with Crippen molar-refractivity contribution in [2.45, 2.75) is 25.5 Å². The second-order valence-corrected chi connectivity index (χ2v) is 4.28. The summed E-state index contributed by atoms with van der Waals surface area (Å²) in [5.74, 6) is -2.44. The molecule has 0 aromatic heterocycles. The predicted molar refractivity (Wildman–Crippen MR) is 72.8 cm³/mol. The minimum absolute atomic E-state index is 0.122. The maximum atomic E-state index is 11.6. The van der Waals surface area contributed by atoms with Gasteiger partial charge in [-0.2, -0.15) is 0 Å². The highest BCUT2D eigenvalue weighted by Crippen LogP contribution is 2.09. The molecule has 1 aromatic rings. The Labute approximate surface area is 120 Å². The van der Waals surface area contributed by atoms with Crippen molar-refractivity contribution in [3.05, 3.63) is 29.8 Å². The lowest BCUT2D eigenvalue weighted by Crippen LogP contribution is -2.43. The number of hydrogen-bond donors (Lipinski definition) is 5. The topological polar surface area (TPSA) is 136 Å². The Kier molecular flexibility index (Phi) is 6.15. The van der Waals surface area contributed by atoms with Crippen molar-refractivity contribution in [2.75, 3.05) is 5.32 Å². The van der Waals surface area contributed by atoms with Crippen LogP contribution < -0.4 is 10.6 Å². The van der Waals surface area contributed by atoms with Gasteiger partial charge in [-0.1, -0.05) is 12.1 Å². The van der Waals surface area contributed by atoms with Crippen LogP contribution in [0.25, 0.3) is 0 Å². The van der Waals surface area contributed by atoms with Crippen molar-refractivity contribution >= 4 is 23.7 Å². The first-order valence-corrected chi connectivity index (χ1v) is 6.14. The van der Waals surface area contributed by atoms with Crippen LogP contribution in [0.3, 0.4) is 0 Å². The molecule has 0 unspecified atom stereocenters. The maximum Gasteiger partial charge on any atom is 0.326 e. The van der Waals surface area contributed by atoms with Crippen molar-refractivity contribution in [2.24, 2.45) is 0 Å². The van der Waals surface area contributed by atoms with E-state index in [1.807, 2.05) is 0 Å². The number of carboxylic acid groups (broad SMARTS) is 2. The highest BCUT2D eigenvalue weighted by molar-refractivity contribution is 5.92. The molecule has 2 amide bonds. The third kappa shape index (κ3) is 5.91. The van der Waals surface area contributed by atoms with E-state index in [0.29, 0.717) is 11.3 Å². The molecule has 0 spiro atoms. The second-order valence-electron chi connectivity index (χ2n) is 4.28. The zero-order chi connectivity index (χ0) is 15.8. The number of carbonyl (C=O) groups is 3. The SMILES string of the molecule is O=C(O)CC[C@H](NC(=O)Nc1ccc(CO)cc1)C(=O)O. The van der Waals surface area contributed by atoms with Gasteiger partial charge < -0.3 is 26.0 Å². The van der Waals surface area contributed by atoms with E-state index in [0.717, 1.165) is 0 Å². The fourth-order valence-electron chi connectivity index (χ4n) is 1.54. The highest BCUT2D eigenvalue weighted by atomic mass is 16.4. The monoisotopic (exact) mass is 296 g/mol. The molecule has 0 aliphatic carbocycles. The van der Waals surface area contributed by atoms with Gasteiger partial charge in [0.15, 0.2) is 0 Å². The van der Waals surface area contributed by atoms with Crippen LogP contribution in [0.5, 0.6) is 0 Å². The number of aliphatic carboxylic acids is 2. The van der Waals surface area contributed by atoms with Crippen LogP contribution >= 0.6 is 0 Å². The second kappa shape index (κ2) is 7.85. The molecule has 1 aromatic carbocycles. The Hall–Kier alpha value is -2.61. The molecule has 0 fully saturated rings. The molecule has 0 saturated carbocycles. The Morgan fingerprint density at radius 1 is 1.10 bits per heavy atom. The van der Waals surface area contributed by atoms with E-state index in [1.165, 1.54) is 0 Å². The summed E-state index contributed by atoms with van der Waals surface area (Å²) in [6, 6.07) is 4.29. The van der Waals surface area contributed by atoms with E-state index >= 15 is 0 Å². The molecule has 114 valence electrons. The van der Waals surface area contributed by atoms with Crippen LogP contribution in [0.15, 0.2) is 24.3 Å². The van der Waals surface area contributed by atoms with Crippen molar-refractivity contribution < 1.29 is 29.7 Å². The molecule has 1 rings (SSSR count). The number of aliphatic hydroxyl groups is 1. The average Bonchev–Trinajstić information content (AvgIpc) is 2.43. The largest absolute Gasteiger partial charge is 0.481 e. The van der Waals surface area contributed by atoms with Gasteiger partial charge in [-0.15, -0.1) is 0 Å². The first-order valence-electron chi connectivity index (χ1n) is 6.14. The average molecular weight is 296 g/mol. The molecule has 0 bridgehead atoms. The summed E-state index contributed by atoms with van der Waals surface area (Å²) < 4.78 is 0. The lowest BCUT2D eigenvalue weighted by atomic mass is 10.1. The Morgan fingerprint density at radius 2 is 1.71 bits per heavy atom. The number of hydrogen-bond acceptors (Lipinski definition) is 4. The standard InChI is InChI=1S/C13H16N2O6/c16-7-8-1-3-9(4-2-8)14-13(21)15-10(12(19)20)5-6-11(17)18/h1-4,10,16H,5-7H2,(H,17,18)(H,19,20)(H2,14,15,21)/t10-/m0/s1. The van der Waals surface area contributed by atoms with Crippen LogP contribution in [-0.4, -0.2) is 39.3 Å². The van der Waals surface area contributed by atoms with E-state index in [2.05, 4.69) is 10.6 Å². The summed E-state index contributed by atoms with van der Waals surface area (Å²) in [4.78, 5) is 33.0. The first-order chi connectivity index (χ1) is 9.92. The molecule has 0 aliphatic heterocycles. The minimum atomic E-state index is -1.30. The summed E-state index contributed by atoms with van der Waals surface area (Å²) in [5, 5.41) is 30.9.